The first-order valence-electron chi connectivity index (χ1n) is 9.41. The summed E-state index contributed by atoms with van der Waals surface area (Å²) in [5, 5.41) is 4.50. The number of nitrogens with zero attached hydrogens (tertiary/aromatic N) is 2. The van der Waals surface area contributed by atoms with E-state index in [2.05, 4.69) is 35.4 Å². The molecule has 0 amide bonds. The standard InChI is InChI=1S/C21H23N3O2S/c27-21-24(22-20(26-21)15-25-19-9-5-2-6-10-19)16-23-13-11-18(12-14-23)17-7-3-1-4-8-17/h1-10,18H,11-16H2/p+1. The van der Waals surface area contributed by atoms with Crippen molar-refractivity contribution in [2.24, 2.45) is 0 Å². The highest BCUT2D eigenvalue weighted by Crippen LogP contribution is 2.23. The van der Waals surface area contributed by atoms with Gasteiger partial charge in [0.2, 0.25) is 0 Å². The lowest BCUT2D eigenvalue weighted by atomic mass is 9.90. The van der Waals surface area contributed by atoms with Crippen molar-refractivity contribution in [1.82, 2.24) is 9.78 Å². The smallest absolute Gasteiger partial charge is 0.291 e. The van der Waals surface area contributed by atoms with Crippen molar-refractivity contribution in [1.29, 1.82) is 0 Å². The molecule has 3 aromatic rings. The number of ether oxygens (including phenoxy) is 1. The molecule has 2 aromatic carbocycles. The van der Waals surface area contributed by atoms with Crippen molar-refractivity contribution in [3.05, 3.63) is 77.0 Å². The molecule has 140 valence electrons. The van der Waals surface area contributed by atoms with E-state index in [9.17, 15) is 0 Å². The summed E-state index contributed by atoms with van der Waals surface area (Å²) < 4.78 is 13.1. The van der Waals surface area contributed by atoms with Crippen LogP contribution in [0.1, 0.15) is 30.2 Å². The van der Waals surface area contributed by atoms with Gasteiger partial charge in [0.05, 0.1) is 13.1 Å². The predicted molar refractivity (Wildman–Crippen MR) is 105 cm³/mol. The molecule has 1 N–H and O–H groups in total. The second-order valence-corrected chi connectivity index (χ2v) is 7.31. The second kappa shape index (κ2) is 8.50. The molecule has 4 rings (SSSR count). The molecule has 0 spiro atoms. The Hall–Kier alpha value is -2.44. The summed E-state index contributed by atoms with van der Waals surface area (Å²) in [5.74, 6) is 1.97. The third-order valence-corrected chi connectivity index (χ3v) is 5.38. The second-order valence-electron chi connectivity index (χ2n) is 6.96. The van der Waals surface area contributed by atoms with Gasteiger partial charge in [-0.1, -0.05) is 48.5 Å². The molecular weight excluding hydrogens is 358 g/mol. The van der Waals surface area contributed by atoms with E-state index in [0.29, 0.717) is 16.6 Å². The van der Waals surface area contributed by atoms with E-state index in [4.69, 9.17) is 21.4 Å². The highest BCUT2D eigenvalue weighted by Gasteiger charge is 2.24. The molecule has 5 nitrogen and oxygen atoms in total. The third-order valence-electron chi connectivity index (χ3n) is 5.09. The number of nitrogens with one attached hydrogen (secondary N) is 1. The van der Waals surface area contributed by atoms with Gasteiger partial charge in [-0.3, -0.25) is 0 Å². The Bertz CT molecular complexity index is 900. The highest BCUT2D eigenvalue weighted by molar-refractivity contribution is 7.71. The van der Waals surface area contributed by atoms with Gasteiger partial charge in [0.15, 0.2) is 13.3 Å². The average Bonchev–Trinajstić information content (AvgIpc) is 3.08. The zero-order valence-electron chi connectivity index (χ0n) is 15.2. The van der Waals surface area contributed by atoms with E-state index < -0.39 is 0 Å². The normalized spacial score (nSPS) is 19.7. The Balaban J connectivity index is 1.31. The maximum absolute atomic E-state index is 5.69. The van der Waals surface area contributed by atoms with Crippen LogP contribution in [0.3, 0.4) is 0 Å². The topological polar surface area (TPSA) is 44.6 Å². The minimum atomic E-state index is 0.284. The van der Waals surface area contributed by atoms with Crippen LogP contribution in [0, 0.1) is 4.84 Å². The summed E-state index contributed by atoms with van der Waals surface area (Å²) in [6.45, 7) is 3.26. The summed E-state index contributed by atoms with van der Waals surface area (Å²) in [6.07, 6.45) is 2.38. The van der Waals surface area contributed by atoms with Crippen molar-refractivity contribution in [2.75, 3.05) is 13.1 Å². The van der Waals surface area contributed by atoms with Crippen LogP contribution in [0.15, 0.2) is 65.1 Å². The number of hydrogen-bond acceptors (Lipinski definition) is 4. The zero-order chi connectivity index (χ0) is 18.5. The fourth-order valence-electron chi connectivity index (χ4n) is 3.62. The van der Waals surface area contributed by atoms with E-state index in [1.54, 1.807) is 4.68 Å². The van der Waals surface area contributed by atoms with Crippen LogP contribution in [0.2, 0.25) is 0 Å². The number of quaternary nitrogens is 1. The third kappa shape index (κ3) is 4.64. The number of benzene rings is 2. The van der Waals surface area contributed by atoms with Gasteiger partial charge in [-0.05, 0) is 35.8 Å². The molecule has 1 aliphatic rings. The quantitative estimate of drug-likeness (QED) is 0.665. The van der Waals surface area contributed by atoms with Crippen LogP contribution in [0.4, 0.5) is 0 Å². The molecule has 0 bridgehead atoms. The van der Waals surface area contributed by atoms with E-state index in [1.807, 2.05) is 30.3 Å². The van der Waals surface area contributed by atoms with E-state index in [-0.39, 0.29) is 6.61 Å². The Kier molecular flexibility index (Phi) is 5.65. The summed E-state index contributed by atoms with van der Waals surface area (Å²) in [5.41, 5.74) is 1.45. The largest absolute Gasteiger partial charge is 0.484 e. The molecule has 1 aromatic heterocycles. The monoisotopic (exact) mass is 382 g/mol. The Morgan fingerprint density at radius 2 is 1.70 bits per heavy atom. The maximum atomic E-state index is 5.69. The van der Waals surface area contributed by atoms with Crippen LogP contribution in [-0.4, -0.2) is 22.9 Å². The minimum absolute atomic E-state index is 0.284. The summed E-state index contributed by atoms with van der Waals surface area (Å²) in [4.78, 5) is 1.90. The number of aromatic nitrogens is 2. The molecule has 1 aliphatic heterocycles. The zero-order valence-corrected chi connectivity index (χ0v) is 16.0. The highest BCUT2D eigenvalue weighted by atomic mass is 32.1. The molecule has 27 heavy (non-hydrogen) atoms. The molecule has 0 radical (unpaired) electrons. The van der Waals surface area contributed by atoms with Crippen molar-refractivity contribution in [2.45, 2.75) is 32.0 Å². The van der Waals surface area contributed by atoms with Crippen LogP contribution in [-0.2, 0) is 13.3 Å². The van der Waals surface area contributed by atoms with Crippen LogP contribution >= 0.6 is 12.2 Å². The maximum Gasteiger partial charge on any atom is 0.291 e. The molecule has 0 unspecified atom stereocenters. The predicted octanol–water partition coefficient (Wildman–Crippen LogP) is 3.20. The number of likely N-dealkylation sites (tertiary alicyclic amines) is 1. The van der Waals surface area contributed by atoms with Gasteiger partial charge in [-0.15, -0.1) is 5.10 Å². The van der Waals surface area contributed by atoms with Gasteiger partial charge >= 0.3 is 0 Å². The molecule has 6 heteroatoms. The molecule has 2 heterocycles. The van der Waals surface area contributed by atoms with Crippen LogP contribution in [0.5, 0.6) is 5.75 Å². The Morgan fingerprint density at radius 3 is 2.41 bits per heavy atom. The fraction of sp³-hybridized carbons (Fsp3) is 0.333. The van der Waals surface area contributed by atoms with Crippen LogP contribution in [0.25, 0.3) is 0 Å². The fourth-order valence-corrected chi connectivity index (χ4v) is 3.83. The summed E-state index contributed by atoms with van der Waals surface area (Å²) in [7, 11) is 0. The molecule has 1 saturated heterocycles. The van der Waals surface area contributed by atoms with Gasteiger partial charge in [-0.25, -0.2) is 0 Å². The summed E-state index contributed by atoms with van der Waals surface area (Å²) >= 11 is 5.34. The number of hydrogen-bond donors (Lipinski definition) is 1. The molecule has 0 atom stereocenters. The first kappa shape index (κ1) is 17.9. The first-order valence-corrected chi connectivity index (χ1v) is 9.82. The van der Waals surface area contributed by atoms with E-state index in [0.717, 1.165) is 25.5 Å². The number of rotatable bonds is 6. The van der Waals surface area contributed by atoms with Gasteiger partial charge in [0, 0.05) is 12.8 Å². The van der Waals surface area contributed by atoms with Gasteiger partial charge in [0.25, 0.3) is 10.7 Å². The van der Waals surface area contributed by atoms with Gasteiger partial charge in [0.1, 0.15) is 5.75 Å². The van der Waals surface area contributed by atoms with Crippen molar-refractivity contribution in [3.63, 3.8) is 0 Å². The lowest BCUT2D eigenvalue weighted by Crippen LogP contribution is -3.12. The molecule has 0 saturated carbocycles. The van der Waals surface area contributed by atoms with E-state index in [1.165, 1.54) is 23.3 Å². The van der Waals surface area contributed by atoms with E-state index >= 15 is 0 Å². The van der Waals surface area contributed by atoms with Crippen LogP contribution < -0.4 is 9.64 Å². The van der Waals surface area contributed by atoms with Crippen molar-refractivity contribution >= 4 is 12.2 Å². The average molecular weight is 383 g/mol. The lowest BCUT2D eigenvalue weighted by molar-refractivity contribution is -0.928. The van der Waals surface area contributed by atoms with Gasteiger partial charge < -0.3 is 14.1 Å². The van der Waals surface area contributed by atoms with Gasteiger partial charge in [-0.2, -0.15) is 4.68 Å². The molecule has 1 fully saturated rings. The molecule has 0 aliphatic carbocycles. The lowest BCUT2D eigenvalue weighted by Gasteiger charge is -2.29. The summed E-state index contributed by atoms with van der Waals surface area (Å²) in [6, 6.07) is 20.5. The first-order chi connectivity index (χ1) is 13.3. The number of piperidine rings is 1. The SMILES string of the molecule is S=c1oc(COc2ccccc2)nn1C[NH+]1CCC(c2ccccc2)CC1. The minimum Gasteiger partial charge on any atom is -0.484 e. The van der Waals surface area contributed by atoms with Crippen molar-refractivity contribution in [3.8, 4) is 5.75 Å². The Morgan fingerprint density at radius 1 is 1.04 bits per heavy atom. The Labute approximate surface area is 164 Å². The van der Waals surface area contributed by atoms with Crippen molar-refractivity contribution < 1.29 is 14.1 Å². The number of para-hydroxylation sites is 1. The molecular formula is C21H24N3O2S+.